The van der Waals surface area contributed by atoms with Gasteiger partial charge in [-0.25, -0.2) is 0 Å². The second-order valence-electron chi connectivity index (χ2n) is 14.1. The molecule has 0 saturated heterocycles. The van der Waals surface area contributed by atoms with Crippen LogP contribution in [0.4, 0.5) is 13.2 Å². The lowest BCUT2D eigenvalue weighted by atomic mass is 9.47. The summed E-state index contributed by atoms with van der Waals surface area (Å²) in [5, 5.41) is 14.4. The first-order chi connectivity index (χ1) is 16.8. The zero-order valence-corrected chi connectivity index (χ0v) is 21.9. The average Bonchev–Trinajstić information content (AvgIpc) is 3.21. The first-order valence-electron chi connectivity index (χ1n) is 14.2. The van der Waals surface area contributed by atoms with Crippen LogP contribution in [-0.2, 0) is 17.5 Å². The van der Waals surface area contributed by atoms with Crippen LogP contribution in [0.2, 0.25) is 0 Å². The fraction of sp³-hybridized carbons (Fsp3) is 0.862. The Hall–Kier alpha value is -1.37. The molecule has 0 aliphatic heterocycles. The normalized spacial score (nSPS) is 45.5. The average molecular weight is 507 g/mol. The summed E-state index contributed by atoms with van der Waals surface area (Å²) >= 11 is 0. The Bertz CT molecular complexity index is 1030. The summed E-state index contributed by atoms with van der Waals surface area (Å²) in [6.07, 6.45) is 7.65. The summed E-state index contributed by atoms with van der Waals surface area (Å²) in [7, 11) is 0. The van der Waals surface area contributed by atoms with E-state index in [1.807, 2.05) is 6.92 Å². The maximum Gasteiger partial charge on any atom is 0.435 e. The molecular weight excluding hydrogens is 465 g/mol. The van der Waals surface area contributed by atoms with Gasteiger partial charge in [0.15, 0.2) is 11.5 Å². The molecule has 1 aromatic heterocycles. The van der Waals surface area contributed by atoms with Crippen LogP contribution in [0.25, 0.3) is 0 Å². The third-order valence-corrected chi connectivity index (χ3v) is 11.8. The minimum Gasteiger partial charge on any atom is -0.390 e. The van der Waals surface area contributed by atoms with Crippen LogP contribution >= 0.6 is 0 Å². The van der Waals surface area contributed by atoms with E-state index in [2.05, 4.69) is 18.9 Å². The standard InChI is InChI=1S/C29H41F3N2O2/c1-26(11-12-26)22-14-21(23(35)16-34-13-8-24(33-34)29(30,31)32)28(3)10-7-19-18-6-9-27(2,36)15-17(18)4-5-20(19)25(22)28/h8,13,17-22,25,36H,4-7,9-12,14-16H2,1-3H3/t17-,18+,19-,20-,21-,22-,25-,27-,28-/m1/s1. The molecule has 5 saturated carbocycles. The van der Waals surface area contributed by atoms with Gasteiger partial charge < -0.3 is 5.11 Å². The monoisotopic (exact) mass is 506 g/mol. The number of rotatable bonds is 4. The number of fused-ring (bicyclic) bond motifs is 5. The maximum absolute atomic E-state index is 13.7. The van der Waals surface area contributed by atoms with Gasteiger partial charge in [0.1, 0.15) is 0 Å². The predicted molar refractivity (Wildman–Crippen MR) is 130 cm³/mol. The first kappa shape index (κ1) is 24.9. The molecule has 0 aromatic carbocycles. The Kier molecular flexibility index (Phi) is 5.59. The molecule has 200 valence electrons. The van der Waals surface area contributed by atoms with Crippen molar-refractivity contribution in [2.75, 3.05) is 0 Å². The Morgan fingerprint density at radius 1 is 1.06 bits per heavy atom. The van der Waals surface area contributed by atoms with Gasteiger partial charge in [0.2, 0.25) is 0 Å². The van der Waals surface area contributed by atoms with E-state index in [1.54, 1.807) is 0 Å². The van der Waals surface area contributed by atoms with Crippen LogP contribution in [0, 0.1) is 52.3 Å². The number of alkyl halides is 3. The number of halogens is 3. The van der Waals surface area contributed by atoms with Crippen molar-refractivity contribution in [2.24, 2.45) is 52.3 Å². The molecule has 4 nitrogen and oxygen atoms in total. The number of carbonyl (C=O) groups excluding carboxylic acids is 1. The van der Waals surface area contributed by atoms with E-state index in [1.165, 1.54) is 36.6 Å². The van der Waals surface area contributed by atoms with Crippen molar-refractivity contribution < 1.29 is 23.1 Å². The van der Waals surface area contributed by atoms with Crippen LogP contribution in [-0.4, -0.2) is 26.3 Å². The Morgan fingerprint density at radius 3 is 2.44 bits per heavy atom. The number of hydrogen-bond donors (Lipinski definition) is 1. The van der Waals surface area contributed by atoms with Gasteiger partial charge in [-0.3, -0.25) is 9.48 Å². The second kappa shape index (κ2) is 8.07. The van der Waals surface area contributed by atoms with Gasteiger partial charge in [-0.05, 0) is 124 Å². The molecule has 0 bridgehead atoms. The molecule has 5 aliphatic carbocycles. The van der Waals surface area contributed by atoms with Crippen molar-refractivity contribution in [3.05, 3.63) is 18.0 Å². The van der Waals surface area contributed by atoms with E-state index in [9.17, 15) is 23.1 Å². The van der Waals surface area contributed by atoms with Crippen molar-refractivity contribution >= 4 is 5.78 Å². The van der Waals surface area contributed by atoms with Crippen molar-refractivity contribution in [3.63, 3.8) is 0 Å². The maximum atomic E-state index is 13.7. The second-order valence-corrected chi connectivity index (χ2v) is 14.1. The van der Waals surface area contributed by atoms with E-state index in [4.69, 9.17) is 0 Å². The van der Waals surface area contributed by atoms with Crippen LogP contribution in [0.3, 0.4) is 0 Å². The topological polar surface area (TPSA) is 55.1 Å². The SMILES string of the molecule is CC1([C@@H]2C[C@H](C(=O)Cn3ccc(C(F)(F)F)n3)[C@@]3(C)CC[C@H]4[C@@H](CC[C@@H]5C[C@](C)(O)CC[C@@H]54)[C@H]23)CC1. The summed E-state index contributed by atoms with van der Waals surface area (Å²) < 4.78 is 40.4. The van der Waals surface area contributed by atoms with Crippen molar-refractivity contribution in [1.82, 2.24) is 9.78 Å². The highest BCUT2D eigenvalue weighted by Gasteiger charge is 2.66. The number of aliphatic hydroxyl groups is 1. The van der Waals surface area contributed by atoms with Gasteiger partial charge in [-0.2, -0.15) is 18.3 Å². The Balaban J connectivity index is 1.26. The summed E-state index contributed by atoms with van der Waals surface area (Å²) in [6, 6.07) is 0.964. The molecule has 7 heteroatoms. The lowest BCUT2D eigenvalue weighted by molar-refractivity contribution is -0.142. The number of Topliss-reactive ketones (excluding diaryl/α,β-unsaturated/α-hetero) is 1. The summed E-state index contributed by atoms with van der Waals surface area (Å²) in [5.74, 6) is 3.64. The van der Waals surface area contributed by atoms with Crippen LogP contribution < -0.4 is 0 Å². The molecule has 1 N–H and O–H groups in total. The Morgan fingerprint density at radius 2 is 1.78 bits per heavy atom. The minimum absolute atomic E-state index is 0.0620. The van der Waals surface area contributed by atoms with Gasteiger partial charge in [-0.1, -0.05) is 13.8 Å². The zero-order chi connectivity index (χ0) is 25.7. The van der Waals surface area contributed by atoms with Crippen molar-refractivity contribution in [3.8, 4) is 0 Å². The quantitative estimate of drug-likeness (QED) is 0.506. The number of aromatic nitrogens is 2. The van der Waals surface area contributed by atoms with Crippen molar-refractivity contribution in [1.29, 1.82) is 0 Å². The first-order valence-corrected chi connectivity index (χ1v) is 14.2. The lowest BCUT2D eigenvalue weighted by Gasteiger charge is -2.58. The summed E-state index contributed by atoms with van der Waals surface area (Å²) in [5.41, 5.74) is -1.23. The largest absolute Gasteiger partial charge is 0.435 e. The highest BCUT2D eigenvalue weighted by molar-refractivity contribution is 5.82. The fourth-order valence-electron chi connectivity index (χ4n) is 9.85. The number of hydrogen-bond acceptors (Lipinski definition) is 3. The van der Waals surface area contributed by atoms with Gasteiger partial charge >= 0.3 is 6.18 Å². The van der Waals surface area contributed by atoms with E-state index in [0.717, 1.165) is 44.6 Å². The van der Waals surface area contributed by atoms with E-state index >= 15 is 0 Å². The molecule has 5 fully saturated rings. The molecule has 36 heavy (non-hydrogen) atoms. The fourth-order valence-corrected chi connectivity index (χ4v) is 9.85. The number of carbonyl (C=O) groups is 1. The highest BCUT2D eigenvalue weighted by atomic mass is 19.4. The highest BCUT2D eigenvalue weighted by Crippen LogP contribution is 2.72. The minimum atomic E-state index is -4.49. The number of ketones is 1. The van der Waals surface area contributed by atoms with Gasteiger partial charge in [0, 0.05) is 12.1 Å². The third-order valence-electron chi connectivity index (χ3n) is 11.8. The molecule has 1 heterocycles. The summed E-state index contributed by atoms with van der Waals surface area (Å²) in [4.78, 5) is 13.7. The van der Waals surface area contributed by atoms with Crippen LogP contribution in [0.1, 0.15) is 90.7 Å². The molecule has 5 aliphatic rings. The zero-order valence-electron chi connectivity index (χ0n) is 21.9. The van der Waals surface area contributed by atoms with Gasteiger partial charge in [0.05, 0.1) is 12.1 Å². The predicted octanol–water partition coefficient (Wildman–Crippen LogP) is 6.52. The smallest absolute Gasteiger partial charge is 0.390 e. The molecule has 0 radical (unpaired) electrons. The summed E-state index contributed by atoms with van der Waals surface area (Å²) in [6.45, 7) is 6.67. The van der Waals surface area contributed by atoms with Gasteiger partial charge in [0.25, 0.3) is 0 Å². The van der Waals surface area contributed by atoms with Gasteiger partial charge in [-0.15, -0.1) is 0 Å². The molecule has 1 aromatic rings. The van der Waals surface area contributed by atoms with Crippen LogP contribution in [0.15, 0.2) is 12.3 Å². The molecule has 0 spiro atoms. The molecule has 0 unspecified atom stereocenters. The van der Waals surface area contributed by atoms with Crippen LogP contribution in [0.5, 0.6) is 0 Å². The van der Waals surface area contributed by atoms with E-state index in [0.29, 0.717) is 40.9 Å². The third kappa shape index (κ3) is 3.97. The molecule has 9 atom stereocenters. The van der Waals surface area contributed by atoms with E-state index < -0.39 is 17.5 Å². The molecule has 6 rings (SSSR count). The molecular formula is C29H41F3N2O2. The molecule has 0 amide bonds. The van der Waals surface area contributed by atoms with Crippen molar-refractivity contribution in [2.45, 2.75) is 103 Å². The Labute approximate surface area is 212 Å². The number of nitrogens with zero attached hydrogens (tertiary/aromatic N) is 2. The van der Waals surface area contributed by atoms with E-state index in [-0.39, 0.29) is 23.7 Å². The lowest BCUT2D eigenvalue weighted by Crippen LogP contribution is -2.52.